The van der Waals surface area contributed by atoms with Gasteiger partial charge in [-0.25, -0.2) is 4.79 Å². The monoisotopic (exact) mass is 474 g/mol. The topological polar surface area (TPSA) is 56.5 Å². The van der Waals surface area contributed by atoms with Gasteiger partial charge in [-0.3, -0.25) is 4.79 Å². The molecule has 0 N–H and O–H groups in total. The summed E-state index contributed by atoms with van der Waals surface area (Å²) in [6.45, 7) is 2.69. The average molecular weight is 475 g/mol. The SMILES string of the molecule is CCCCCCCCCCCCCCCCOC(=O)c1ccc(Cl)c(-c2ccc(C=O)o2)c1. The molecule has 0 amide bonds. The molecule has 0 aliphatic heterocycles. The lowest BCUT2D eigenvalue weighted by Crippen LogP contribution is -2.06. The zero-order valence-electron chi connectivity index (χ0n) is 20.1. The van der Waals surface area contributed by atoms with Gasteiger partial charge in [0.2, 0.25) is 0 Å². The van der Waals surface area contributed by atoms with Crippen molar-refractivity contribution >= 4 is 23.9 Å². The van der Waals surface area contributed by atoms with Crippen LogP contribution >= 0.6 is 11.6 Å². The molecule has 1 aromatic carbocycles. The molecule has 0 fully saturated rings. The first kappa shape index (κ1) is 27.2. The second-order valence-electron chi connectivity index (χ2n) is 8.75. The summed E-state index contributed by atoms with van der Waals surface area (Å²) in [6, 6.07) is 8.16. The fourth-order valence-electron chi connectivity index (χ4n) is 3.95. The lowest BCUT2D eigenvalue weighted by molar-refractivity contribution is 0.0497. The second kappa shape index (κ2) is 16.5. The quantitative estimate of drug-likeness (QED) is 0.123. The smallest absolute Gasteiger partial charge is 0.338 e. The molecule has 2 aromatic rings. The lowest BCUT2D eigenvalue weighted by atomic mass is 10.0. The van der Waals surface area contributed by atoms with E-state index in [1.165, 1.54) is 77.0 Å². The van der Waals surface area contributed by atoms with Gasteiger partial charge in [0.25, 0.3) is 0 Å². The van der Waals surface area contributed by atoms with Crippen LogP contribution in [0.2, 0.25) is 5.02 Å². The Hall–Kier alpha value is -2.07. The maximum atomic E-state index is 12.4. The Balaban J connectivity index is 1.54. The van der Waals surface area contributed by atoms with Gasteiger partial charge in [-0.15, -0.1) is 0 Å². The molecule has 0 atom stereocenters. The molecule has 0 aliphatic carbocycles. The molecule has 33 heavy (non-hydrogen) atoms. The van der Waals surface area contributed by atoms with Crippen LogP contribution in [0.5, 0.6) is 0 Å². The predicted octanol–water partition coefficient (Wildman–Crippen LogP) is 9.05. The number of benzene rings is 1. The fraction of sp³-hybridized carbons (Fsp3) is 0.571. The first-order valence-corrected chi connectivity index (χ1v) is 13.1. The van der Waals surface area contributed by atoms with E-state index in [1.54, 1.807) is 30.3 Å². The van der Waals surface area contributed by atoms with E-state index in [2.05, 4.69) is 6.92 Å². The molecule has 0 aliphatic rings. The van der Waals surface area contributed by atoms with E-state index in [0.717, 1.165) is 12.8 Å². The largest absolute Gasteiger partial charge is 0.462 e. The minimum Gasteiger partial charge on any atom is -0.462 e. The Morgan fingerprint density at radius 3 is 1.97 bits per heavy atom. The van der Waals surface area contributed by atoms with Crippen LogP contribution in [0, 0.1) is 0 Å². The van der Waals surface area contributed by atoms with Crippen LogP contribution in [0.25, 0.3) is 11.3 Å². The molecular formula is C28H39ClO4. The van der Waals surface area contributed by atoms with E-state index < -0.39 is 0 Å². The number of carbonyl (C=O) groups is 2. The van der Waals surface area contributed by atoms with Crippen molar-refractivity contribution in [3.05, 3.63) is 46.7 Å². The third kappa shape index (κ3) is 10.6. The molecule has 0 saturated carbocycles. The standard InChI is InChI=1S/C28H39ClO4/c1-2-3-4-5-6-7-8-9-10-11-12-13-14-15-20-32-28(31)23-16-18-26(29)25(21-23)27-19-17-24(22-30)33-27/h16-19,21-22H,2-15,20H2,1H3. The number of halogens is 1. The molecule has 5 heteroatoms. The number of aldehydes is 1. The number of rotatable bonds is 18. The highest BCUT2D eigenvalue weighted by Crippen LogP contribution is 2.30. The number of furan rings is 1. The molecule has 4 nitrogen and oxygen atoms in total. The zero-order chi connectivity index (χ0) is 23.7. The lowest BCUT2D eigenvalue weighted by Gasteiger charge is -2.07. The van der Waals surface area contributed by atoms with Gasteiger partial charge >= 0.3 is 5.97 Å². The minimum atomic E-state index is -0.371. The van der Waals surface area contributed by atoms with Crippen molar-refractivity contribution in [3.8, 4) is 11.3 Å². The third-order valence-electron chi connectivity index (χ3n) is 5.94. The van der Waals surface area contributed by atoms with E-state index in [9.17, 15) is 9.59 Å². The summed E-state index contributed by atoms with van der Waals surface area (Å²) in [4.78, 5) is 23.2. The number of hydrogen-bond donors (Lipinski definition) is 0. The van der Waals surface area contributed by atoms with Gasteiger partial charge in [0.1, 0.15) is 5.76 Å². The van der Waals surface area contributed by atoms with E-state index in [-0.39, 0.29) is 11.7 Å². The van der Waals surface area contributed by atoms with E-state index in [4.69, 9.17) is 20.8 Å². The Morgan fingerprint density at radius 1 is 0.848 bits per heavy atom. The zero-order valence-corrected chi connectivity index (χ0v) is 20.8. The number of hydrogen-bond acceptors (Lipinski definition) is 4. The first-order valence-electron chi connectivity index (χ1n) is 12.7. The fourth-order valence-corrected chi connectivity index (χ4v) is 4.16. The maximum Gasteiger partial charge on any atom is 0.338 e. The predicted molar refractivity (Wildman–Crippen MR) is 135 cm³/mol. The normalized spacial score (nSPS) is 11.0. The van der Waals surface area contributed by atoms with Gasteiger partial charge in [0.15, 0.2) is 12.0 Å². The highest BCUT2D eigenvalue weighted by molar-refractivity contribution is 6.33. The number of esters is 1. The van der Waals surface area contributed by atoms with Gasteiger partial charge in [0.05, 0.1) is 17.2 Å². The number of ether oxygens (including phenoxy) is 1. The Bertz CT molecular complexity index is 827. The molecule has 1 aromatic heterocycles. The Kier molecular flexibility index (Phi) is 13.6. The molecule has 0 spiro atoms. The van der Waals surface area contributed by atoms with Gasteiger partial charge in [-0.2, -0.15) is 0 Å². The van der Waals surface area contributed by atoms with E-state index >= 15 is 0 Å². The molecule has 0 bridgehead atoms. The van der Waals surface area contributed by atoms with Gasteiger partial charge in [-0.05, 0) is 36.8 Å². The summed E-state index contributed by atoms with van der Waals surface area (Å²) in [7, 11) is 0. The third-order valence-corrected chi connectivity index (χ3v) is 6.27. The van der Waals surface area contributed by atoms with E-state index in [0.29, 0.717) is 34.8 Å². The van der Waals surface area contributed by atoms with Crippen molar-refractivity contribution in [2.45, 2.75) is 96.8 Å². The van der Waals surface area contributed by atoms with Gasteiger partial charge in [0, 0.05) is 5.56 Å². The van der Waals surface area contributed by atoms with Crippen LogP contribution < -0.4 is 0 Å². The van der Waals surface area contributed by atoms with E-state index in [1.807, 2.05) is 0 Å². The number of carbonyl (C=O) groups excluding carboxylic acids is 2. The summed E-state index contributed by atoms with van der Waals surface area (Å²) in [5.41, 5.74) is 0.986. The second-order valence-corrected chi connectivity index (χ2v) is 9.15. The molecule has 182 valence electrons. The van der Waals surface area contributed by atoms with Gasteiger partial charge < -0.3 is 9.15 Å². The van der Waals surface area contributed by atoms with Crippen LogP contribution in [0.4, 0.5) is 0 Å². The summed E-state index contributed by atoms with van der Waals surface area (Å²) in [6.07, 6.45) is 18.8. The van der Waals surface area contributed by atoms with Crippen LogP contribution in [-0.4, -0.2) is 18.9 Å². The summed E-state index contributed by atoms with van der Waals surface area (Å²) in [5.74, 6) is 0.292. The van der Waals surface area contributed by atoms with Gasteiger partial charge in [-0.1, -0.05) is 102 Å². The maximum absolute atomic E-state index is 12.4. The average Bonchev–Trinajstić information content (AvgIpc) is 3.31. The molecule has 0 radical (unpaired) electrons. The highest BCUT2D eigenvalue weighted by atomic mass is 35.5. The van der Waals surface area contributed by atoms with Crippen LogP contribution in [0.1, 0.15) is 118 Å². The van der Waals surface area contributed by atoms with Crippen molar-refractivity contribution in [2.24, 2.45) is 0 Å². The Morgan fingerprint density at radius 2 is 1.42 bits per heavy atom. The van der Waals surface area contributed by atoms with Crippen molar-refractivity contribution in [1.29, 1.82) is 0 Å². The van der Waals surface area contributed by atoms with Crippen molar-refractivity contribution < 1.29 is 18.7 Å². The van der Waals surface area contributed by atoms with Crippen molar-refractivity contribution in [2.75, 3.05) is 6.61 Å². The van der Waals surface area contributed by atoms with Crippen molar-refractivity contribution in [3.63, 3.8) is 0 Å². The number of unbranched alkanes of at least 4 members (excludes halogenated alkanes) is 13. The van der Waals surface area contributed by atoms with Crippen LogP contribution in [-0.2, 0) is 4.74 Å². The highest BCUT2D eigenvalue weighted by Gasteiger charge is 2.14. The molecular weight excluding hydrogens is 436 g/mol. The first-order chi connectivity index (χ1) is 16.2. The summed E-state index contributed by atoms with van der Waals surface area (Å²) >= 11 is 6.23. The van der Waals surface area contributed by atoms with Crippen LogP contribution in [0.3, 0.4) is 0 Å². The molecule has 1 heterocycles. The molecule has 0 saturated heterocycles. The molecule has 0 unspecified atom stereocenters. The van der Waals surface area contributed by atoms with Crippen LogP contribution in [0.15, 0.2) is 34.7 Å². The summed E-state index contributed by atoms with van der Waals surface area (Å²) < 4.78 is 10.8. The minimum absolute atomic E-state index is 0.215. The Labute approximate surface area is 204 Å². The summed E-state index contributed by atoms with van der Waals surface area (Å²) in [5, 5.41) is 0.449. The molecule has 2 rings (SSSR count). The van der Waals surface area contributed by atoms with Crippen molar-refractivity contribution in [1.82, 2.24) is 0 Å².